The summed E-state index contributed by atoms with van der Waals surface area (Å²) in [5.74, 6) is -0.172. The van der Waals surface area contributed by atoms with Crippen molar-refractivity contribution in [3.05, 3.63) is 64.1 Å². The van der Waals surface area contributed by atoms with Crippen molar-refractivity contribution in [3.8, 4) is 5.75 Å². The highest BCUT2D eigenvalue weighted by molar-refractivity contribution is 9.10. The molecule has 2 aliphatic rings. The Labute approximate surface area is 177 Å². The molecule has 2 unspecified atom stereocenters. The van der Waals surface area contributed by atoms with E-state index in [1.807, 2.05) is 24.3 Å². The number of amides is 2. The number of aromatic hydroxyl groups is 1. The number of phenols is 1. The summed E-state index contributed by atoms with van der Waals surface area (Å²) >= 11 is 3.44. The SMILES string of the molecule is O=C(c1ccccc1O)N1CCN(C(=O)C2CC(c3ccc(Br)cc3)NN2)CC1. The number of hydrogen-bond acceptors (Lipinski definition) is 5. The summed E-state index contributed by atoms with van der Waals surface area (Å²) in [6.45, 7) is 1.88. The minimum absolute atomic E-state index is 0.0174. The number of phenolic OH excluding ortho intramolecular Hbond substituents is 1. The fraction of sp³-hybridized carbons (Fsp3) is 0.333. The van der Waals surface area contributed by atoms with Gasteiger partial charge in [0.1, 0.15) is 11.8 Å². The van der Waals surface area contributed by atoms with Crippen LogP contribution in [0.4, 0.5) is 0 Å². The van der Waals surface area contributed by atoms with Gasteiger partial charge in [-0.3, -0.25) is 9.59 Å². The van der Waals surface area contributed by atoms with Crippen molar-refractivity contribution in [2.75, 3.05) is 26.2 Å². The average Bonchev–Trinajstić information content (AvgIpc) is 3.24. The predicted molar refractivity (Wildman–Crippen MR) is 112 cm³/mol. The van der Waals surface area contributed by atoms with Gasteiger partial charge in [0.15, 0.2) is 0 Å². The van der Waals surface area contributed by atoms with Gasteiger partial charge in [-0.25, -0.2) is 10.9 Å². The van der Waals surface area contributed by atoms with Gasteiger partial charge in [-0.15, -0.1) is 0 Å². The molecule has 29 heavy (non-hydrogen) atoms. The first-order chi connectivity index (χ1) is 14.0. The summed E-state index contributed by atoms with van der Waals surface area (Å²) in [6, 6.07) is 14.4. The van der Waals surface area contributed by atoms with Gasteiger partial charge in [0.2, 0.25) is 5.91 Å². The van der Waals surface area contributed by atoms with Crippen LogP contribution in [-0.2, 0) is 4.79 Å². The average molecular weight is 459 g/mol. The molecule has 2 amide bonds. The number of hydrogen-bond donors (Lipinski definition) is 3. The van der Waals surface area contributed by atoms with Crippen LogP contribution in [0.5, 0.6) is 5.75 Å². The fourth-order valence-corrected chi connectivity index (χ4v) is 4.07. The first kappa shape index (κ1) is 19.9. The minimum atomic E-state index is -0.288. The highest BCUT2D eigenvalue weighted by atomic mass is 79.9. The maximum absolute atomic E-state index is 12.9. The first-order valence-electron chi connectivity index (χ1n) is 9.65. The van der Waals surface area contributed by atoms with Crippen LogP contribution in [0.1, 0.15) is 28.4 Å². The summed E-state index contributed by atoms with van der Waals surface area (Å²) in [4.78, 5) is 29.0. The zero-order valence-electron chi connectivity index (χ0n) is 15.8. The van der Waals surface area contributed by atoms with Crippen molar-refractivity contribution in [3.63, 3.8) is 0 Å². The number of hydrazine groups is 1. The minimum Gasteiger partial charge on any atom is -0.507 e. The van der Waals surface area contributed by atoms with Crippen LogP contribution in [0.2, 0.25) is 0 Å². The normalized spacial score (nSPS) is 22.0. The molecule has 0 saturated carbocycles. The third kappa shape index (κ3) is 4.29. The predicted octanol–water partition coefficient (Wildman–Crippen LogP) is 2.05. The maximum Gasteiger partial charge on any atom is 0.257 e. The number of carbonyl (C=O) groups is 2. The summed E-state index contributed by atoms with van der Waals surface area (Å²) in [5.41, 5.74) is 7.76. The lowest BCUT2D eigenvalue weighted by atomic mass is 10.0. The van der Waals surface area contributed by atoms with E-state index in [1.54, 1.807) is 28.0 Å². The van der Waals surface area contributed by atoms with Gasteiger partial charge in [0.05, 0.1) is 5.56 Å². The van der Waals surface area contributed by atoms with Gasteiger partial charge in [0.25, 0.3) is 5.91 Å². The number of para-hydroxylation sites is 1. The Morgan fingerprint density at radius 2 is 1.59 bits per heavy atom. The zero-order chi connectivity index (χ0) is 20.4. The van der Waals surface area contributed by atoms with Crippen LogP contribution in [0, 0.1) is 0 Å². The van der Waals surface area contributed by atoms with Gasteiger partial charge in [-0.1, -0.05) is 40.2 Å². The van der Waals surface area contributed by atoms with Crippen molar-refractivity contribution in [1.82, 2.24) is 20.7 Å². The summed E-state index contributed by atoms with van der Waals surface area (Å²) in [6.07, 6.45) is 0.678. The van der Waals surface area contributed by atoms with E-state index in [9.17, 15) is 14.7 Å². The molecule has 2 heterocycles. The molecule has 2 fully saturated rings. The lowest BCUT2D eigenvalue weighted by Crippen LogP contribution is -2.54. The number of rotatable bonds is 3. The van der Waals surface area contributed by atoms with Crippen molar-refractivity contribution in [2.45, 2.75) is 18.5 Å². The third-order valence-electron chi connectivity index (χ3n) is 5.49. The molecule has 152 valence electrons. The van der Waals surface area contributed by atoms with E-state index < -0.39 is 0 Å². The molecule has 8 heteroatoms. The Hall–Kier alpha value is -2.42. The van der Waals surface area contributed by atoms with Gasteiger partial charge < -0.3 is 14.9 Å². The van der Waals surface area contributed by atoms with E-state index in [1.165, 1.54) is 6.07 Å². The van der Waals surface area contributed by atoms with Crippen molar-refractivity contribution in [1.29, 1.82) is 0 Å². The molecule has 2 atom stereocenters. The Kier molecular flexibility index (Phi) is 5.84. The van der Waals surface area contributed by atoms with E-state index in [0.29, 0.717) is 38.2 Å². The topological polar surface area (TPSA) is 84.9 Å². The molecule has 7 nitrogen and oxygen atoms in total. The number of benzene rings is 2. The molecule has 2 aliphatic heterocycles. The monoisotopic (exact) mass is 458 g/mol. The Morgan fingerprint density at radius 1 is 0.931 bits per heavy atom. The fourth-order valence-electron chi connectivity index (χ4n) is 3.81. The van der Waals surface area contributed by atoms with E-state index in [0.717, 1.165) is 10.0 Å². The van der Waals surface area contributed by atoms with Crippen LogP contribution >= 0.6 is 15.9 Å². The maximum atomic E-state index is 12.9. The molecular formula is C21H23BrN4O3. The van der Waals surface area contributed by atoms with Crippen LogP contribution < -0.4 is 10.9 Å². The lowest BCUT2D eigenvalue weighted by molar-refractivity contribution is -0.134. The number of carbonyl (C=O) groups excluding carboxylic acids is 2. The van der Waals surface area contributed by atoms with Crippen LogP contribution in [0.25, 0.3) is 0 Å². The highest BCUT2D eigenvalue weighted by Gasteiger charge is 2.34. The lowest BCUT2D eigenvalue weighted by Gasteiger charge is -2.36. The molecule has 0 spiro atoms. The number of halogens is 1. The summed E-state index contributed by atoms with van der Waals surface area (Å²) in [5, 5.41) is 9.90. The largest absolute Gasteiger partial charge is 0.507 e. The van der Waals surface area contributed by atoms with Crippen LogP contribution in [-0.4, -0.2) is 58.9 Å². The van der Waals surface area contributed by atoms with E-state index in [4.69, 9.17) is 0 Å². The molecule has 0 aliphatic carbocycles. The van der Waals surface area contributed by atoms with Gasteiger partial charge in [0, 0.05) is 36.7 Å². The van der Waals surface area contributed by atoms with E-state index >= 15 is 0 Å². The second-order valence-electron chi connectivity index (χ2n) is 7.32. The Morgan fingerprint density at radius 3 is 2.28 bits per heavy atom. The molecule has 3 N–H and O–H groups in total. The van der Waals surface area contributed by atoms with Crippen LogP contribution in [0.3, 0.4) is 0 Å². The quantitative estimate of drug-likeness (QED) is 0.655. The highest BCUT2D eigenvalue weighted by Crippen LogP contribution is 2.25. The third-order valence-corrected chi connectivity index (χ3v) is 6.02. The zero-order valence-corrected chi connectivity index (χ0v) is 17.4. The number of nitrogens with one attached hydrogen (secondary N) is 2. The molecule has 4 rings (SSSR count). The molecular weight excluding hydrogens is 436 g/mol. The molecule has 0 bridgehead atoms. The second-order valence-corrected chi connectivity index (χ2v) is 8.23. The Balaban J connectivity index is 1.32. The standard InChI is InChI=1S/C21H23BrN4O3/c22-15-7-5-14(6-8-15)17-13-18(24-23-17)21(29)26-11-9-25(10-12-26)20(28)16-3-1-2-4-19(16)27/h1-8,17-18,23-24,27H,9-13H2. The van der Waals surface area contributed by atoms with Gasteiger partial charge in [-0.2, -0.15) is 0 Å². The van der Waals surface area contributed by atoms with E-state index in [2.05, 4.69) is 26.8 Å². The van der Waals surface area contributed by atoms with Gasteiger partial charge in [-0.05, 0) is 36.2 Å². The molecule has 2 aromatic rings. The smallest absolute Gasteiger partial charge is 0.257 e. The first-order valence-corrected chi connectivity index (χ1v) is 10.4. The molecule has 2 aromatic carbocycles. The second kappa shape index (κ2) is 8.52. The van der Waals surface area contributed by atoms with Gasteiger partial charge >= 0.3 is 0 Å². The van der Waals surface area contributed by atoms with Crippen molar-refractivity contribution < 1.29 is 14.7 Å². The molecule has 0 radical (unpaired) electrons. The Bertz CT molecular complexity index is 897. The van der Waals surface area contributed by atoms with Crippen LogP contribution in [0.15, 0.2) is 53.0 Å². The summed E-state index contributed by atoms with van der Waals surface area (Å²) < 4.78 is 1.02. The van der Waals surface area contributed by atoms with Crippen molar-refractivity contribution in [2.24, 2.45) is 0 Å². The van der Waals surface area contributed by atoms with E-state index in [-0.39, 0.29) is 29.6 Å². The number of nitrogens with zero attached hydrogens (tertiary/aromatic N) is 2. The molecule has 2 saturated heterocycles. The number of piperazine rings is 1. The molecule has 0 aromatic heterocycles. The summed E-state index contributed by atoms with van der Waals surface area (Å²) in [7, 11) is 0. The van der Waals surface area contributed by atoms with Crippen molar-refractivity contribution >= 4 is 27.7 Å².